The summed E-state index contributed by atoms with van der Waals surface area (Å²) < 4.78 is 11.6. The van der Waals surface area contributed by atoms with Crippen LogP contribution in [0.2, 0.25) is 0 Å². The van der Waals surface area contributed by atoms with E-state index in [1.54, 1.807) is 0 Å². The molecule has 2 heteroatoms. The second kappa shape index (κ2) is 8.76. The Morgan fingerprint density at radius 2 is 1.84 bits per heavy atom. The predicted octanol–water partition coefficient (Wildman–Crippen LogP) is 5.04. The van der Waals surface area contributed by atoms with Gasteiger partial charge in [0.05, 0.1) is 6.61 Å². The van der Waals surface area contributed by atoms with Crippen LogP contribution in [0.1, 0.15) is 52.0 Å². The zero-order valence-electron chi connectivity index (χ0n) is 12.4. The van der Waals surface area contributed by atoms with E-state index in [1.807, 2.05) is 31.2 Å². The molecule has 1 aromatic rings. The van der Waals surface area contributed by atoms with E-state index in [0.29, 0.717) is 0 Å². The highest BCUT2D eigenvalue weighted by Gasteiger charge is 2.08. The van der Waals surface area contributed by atoms with Gasteiger partial charge in [-0.3, -0.25) is 0 Å². The van der Waals surface area contributed by atoms with Crippen LogP contribution < -0.4 is 4.74 Å². The van der Waals surface area contributed by atoms with Crippen molar-refractivity contribution in [2.24, 2.45) is 0 Å². The molecule has 0 aliphatic heterocycles. The Balaban J connectivity index is 2.44. The topological polar surface area (TPSA) is 18.5 Å². The molecule has 0 heterocycles. The molecular weight excluding hydrogens is 236 g/mol. The zero-order chi connectivity index (χ0) is 14.1. The largest absolute Gasteiger partial charge is 0.465 e. The van der Waals surface area contributed by atoms with Crippen LogP contribution in [0.3, 0.4) is 0 Å². The average molecular weight is 262 g/mol. The summed E-state index contributed by atoms with van der Waals surface area (Å²) in [5.41, 5.74) is 2.21. The molecule has 0 saturated heterocycles. The van der Waals surface area contributed by atoms with Crippen molar-refractivity contribution in [2.75, 3.05) is 6.61 Å². The summed E-state index contributed by atoms with van der Waals surface area (Å²) in [5.74, 6) is 0.854. The van der Waals surface area contributed by atoms with Gasteiger partial charge in [0.25, 0.3) is 0 Å². The molecule has 0 aliphatic carbocycles. The number of benzene rings is 1. The molecule has 1 unspecified atom stereocenters. The van der Waals surface area contributed by atoms with E-state index >= 15 is 0 Å². The molecule has 0 N–H and O–H groups in total. The average Bonchev–Trinajstić information content (AvgIpc) is 2.42. The normalized spacial score (nSPS) is 12.2. The van der Waals surface area contributed by atoms with Crippen molar-refractivity contribution < 1.29 is 9.47 Å². The first-order chi connectivity index (χ1) is 9.17. The highest BCUT2D eigenvalue weighted by atomic mass is 16.7. The van der Waals surface area contributed by atoms with Gasteiger partial charge in [0.2, 0.25) is 0 Å². The van der Waals surface area contributed by atoms with Gasteiger partial charge in [0, 0.05) is 6.42 Å². The van der Waals surface area contributed by atoms with Gasteiger partial charge >= 0.3 is 0 Å². The minimum absolute atomic E-state index is 0.146. The predicted molar refractivity (Wildman–Crippen MR) is 81.3 cm³/mol. The number of unbranched alkanes of at least 4 members (excludes halogenated alkanes) is 2. The Bertz CT molecular complexity index is 367. The summed E-state index contributed by atoms with van der Waals surface area (Å²) in [7, 11) is 0. The van der Waals surface area contributed by atoms with Crippen molar-refractivity contribution in [1.29, 1.82) is 0 Å². The van der Waals surface area contributed by atoms with Gasteiger partial charge in [-0.15, -0.1) is 0 Å². The summed E-state index contributed by atoms with van der Waals surface area (Å²) in [5, 5.41) is 0. The van der Waals surface area contributed by atoms with Crippen LogP contribution in [-0.4, -0.2) is 12.9 Å². The molecular formula is C17H26O2. The van der Waals surface area contributed by atoms with Crippen molar-refractivity contribution in [3.63, 3.8) is 0 Å². The van der Waals surface area contributed by atoms with E-state index in [0.717, 1.165) is 36.3 Å². The number of hydrogen-bond donors (Lipinski definition) is 0. The SMILES string of the molecule is C=C(C)c1ccc(OC(CC)OCCCCC)cc1. The Morgan fingerprint density at radius 1 is 1.16 bits per heavy atom. The molecule has 0 aliphatic rings. The number of hydrogen-bond acceptors (Lipinski definition) is 2. The Kier molecular flexibility index (Phi) is 7.27. The molecule has 1 atom stereocenters. The van der Waals surface area contributed by atoms with Crippen molar-refractivity contribution >= 4 is 5.57 Å². The third-order valence-electron chi connectivity index (χ3n) is 3.00. The molecule has 106 valence electrons. The molecule has 0 radical (unpaired) electrons. The van der Waals surface area contributed by atoms with Crippen LogP contribution >= 0.6 is 0 Å². The Morgan fingerprint density at radius 3 is 2.37 bits per heavy atom. The van der Waals surface area contributed by atoms with Crippen molar-refractivity contribution in [3.05, 3.63) is 36.4 Å². The molecule has 0 amide bonds. The monoisotopic (exact) mass is 262 g/mol. The van der Waals surface area contributed by atoms with Gasteiger partial charge in [-0.2, -0.15) is 0 Å². The minimum atomic E-state index is -0.146. The molecule has 0 saturated carbocycles. The molecule has 0 bridgehead atoms. The van der Waals surface area contributed by atoms with Crippen molar-refractivity contribution in [2.45, 2.75) is 52.7 Å². The maximum Gasteiger partial charge on any atom is 0.199 e. The number of ether oxygens (including phenoxy) is 2. The molecule has 19 heavy (non-hydrogen) atoms. The summed E-state index contributed by atoms with van der Waals surface area (Å²) in [6.45, 7) is 11.0. The quantitative estimate of drug-likeness (QED) is 0.458. The Hall–Kier alpha value is -1.28. The summed E-state index contributed by atoms with van der Waals surface area (Å²) in [4.78, 5) is 0. The number of rotatable bonds is 9. The fourth-order valence-corrected chi connectivity index (χ4v) is 1.77. The van der Waals surface area contributed by atoms with E-state index in [4.69, 9.17) is 9.47 Å². The zero-order valence-corrected chi connectivity index (χ0v) is 12.4. The standard InChI is InChI=1S/C17H26O2/c1-5-7-8-13-18-17(6-2)19-16-11-9-15(10-12-16)14(3)4/h9-12,17H,3,5-8,13H2,1-2,4H3. The molecule has 1 aromatic carbocycles. The highest BCUT2D eigenvalue weighted by Crippen LogP contribution is 2.19. The summed E-state index contributed by atoms with van der Waals surface area (Å²) >= 11 is 0. The van der Waals surface area contributed by atoms with E-state index in [2.05, 4.69) is 20.4 Å². The first-order valence-electron chi connectivity index (χ1n) is 7.21. The smallest absolute Gasteiger partial charge is 0.199 e. The van der Waals surface area contributed by atoms with E-state index in [9.17, 15) is 0 Å². The van der Waals surface area contributed by atoms with Crippen molar-refractivity contribution in [1.82, 2.24) is 0 Å². The van der Waals surface area contributed by atoms with Gasteiger partial charge in [-0.05, 0) is 31.0 Å². The fraction of sp³-hybridized carbons (Fsp3) is 0.529. The van der Waals surface area contributed by atoms with Crippen LogP contribution in [0, 0.1) is 0 Å². The minimum Gasteiger partial charge on any atom is -0.465 e. The lowest BCUT2D eigenvalue weighted by molar-refractivity contribution is -0.0825. The lowest BCUT2D eigenvalue weighted by Crippen LogP contribution is -2.20. The van der Waals surface area contributed by atoms with Gasteiger partial charge in [-0.25, -0.2) is 0 Å². The second-order valence-corrected chi connectivity index (χ2v) is 4.84. The molecule has 1 rings (SSSR count). The molecule has 0 fully saturated rings. The first-order valence-corrected chi connectivity index (χ1v) is 7.21. The third-order valence-corrected chi connectivity index (χ3v) is 3.00. The molecule has 0 aromatic heterocycles. The summed E-state index contributed by atoms with van der Waals surface area (Å²) in [6.07, 6.45) is 4.24. The second-order valence-electron chi connectivity index (χ2n) is 4.84. The highest BCUT2D eigenvalue weighted by molar-refractivity contribution is 5.61. The van der Waals surface area contributed by atoms with Gasteiger partial charge in [-0.1, -0.05) is 51.0 Å². The molecule has 2 nitrogen and oxygen atoms in total. The fourth-order valence-electron chi connectivity index (χ4n) is 1.77. The van der Waals surface area contributed by atoms with E-state index in [1.165, 1.54) is 12.8 Å². The van der Waals surface area contributed by atoms with E-state index < -0.39 is 0 Å². The lowest BCUT2D eigenvalue weighted by Gasteiger charge is -2.18. The maximum atomic E-state index is 5.83. The van der Waals surface area contributed by atoms with Crippen LogP contribution in [0.4, 0.5) is 0 Å². The van der Waals surface area contributed by atoms with E-state index in [-0.39, 0.29) is 6.29 Å². The van der Waals surface area contributed by atoms with Crippen LogP contribution in [-0.2, 0) is 4.74 Å². The van der Waals surface area contributed by atoms with Gasteiger partial charge in [0.1, 0.15) is 5.75 Å². The molecule has 0 spiro atoms. The maximum absolute atomic E-state index is 5.83. The number of allylic oxidation sites excluding steroid dienone is 1. The van der Waals surface area contributed by atoms with Crippen molar-refractivity contribution in [3.8, 4) is 5.75 Å². The van der Waals surface area contributed by atoms with Crippen LogP contribution in [0.25, 0.3) is 5.57 Å². The van der Waals surface area contributed by atoms with Crippen LogP contribution in [0.15, 0.2) is 30.8 Å². The Labute approximate surface area is 117 Å². The van der Waals surface area contributed by atoms with Gasteiger partial charge in [0.15, 0.2) is 6.29 Å². The van der Waals surface area contributed by atoms with Gasteiger partial charge < -0.3 is 9.47 Å². The third kappa shape index (κ3) is 5.93. The first kappa shape index (κ1) is 15.8. The summed E-state index contributed by atoms with van der Waals surface area (Å²) in [6, 6.07) is 8.01. The lowest BCUT2D eigenvalue weighted by atomic mass is 10.1. The van der Waals surface area contributed by atoms with Crippen LogP contribution in [0.5, 0.6) is 5.75 Å².